The van der Waals surface area contributed by atoms with E-state index in [0.717, 1.165) is 23.6 Å². The average Bonchev–Trinajstić information content (AvgIpc) is 2.03. The van der Waals surface area contributed by atoms with Gasteiger partial charge in [-0.05, 0) is 30.9 Å². The molecule has 0 saturated heterocycles. The first-order chi connectivity index (χ1) is 5.70. The summed E-state index contributed by atoms with van der Waals surface area (Å²) in [6, 6.07) is 3.76. The zero-order valence-electron chi connectivity index (χ0n) is 7.55. The van der Waals surface area contributed by atoms with E-state index in [1.165, 1.54) is 0 Å². The van der Waals surface area contributed by atoms with Gasteiger partial charge in [0.1, 0.15) is 0 Å². The molecule has 66 valence electrons. The van der Waals surface area contributed by atoms with Gasteiger partial charge >= 0.3 is 0 Å². The van der Waals surface area contributed by atoms with Crippen molar-refractivity contribution in [3.63, 3.8) is 0 Å². The lowest BCUT2D eigenvalue weighted by Crippen LogP contribution is -1.95. The van der Waals surface area contributed by atoms with Gasteiger partial charge in [0.25, 0.3) is 0 Å². The SMILES string of the molecule is CC(C)CCc1ncccc1Cl. The summed E-state index contributed by atoms with van der Waals surface area (Å²) in [4.78, 5) is 4.22. The van der Waals surface area contributed by atoms with E-state index in [1.807, 2.05) is 12.1 Å². The van der Waals surface area contributed by atoms with Gasteiger partial charge in [-0.2, -0.15) is 0 Å². The molecule has 0 N–H and O–H groups in total. The molecule has 12 heavy (non-hydrogen) atoms. The van der Waals surface area contributed by atoms with Crippen LogP contribution in [-0.4, -0.2) is 4.98 Å². The minimum Gasteiger partial charge on any atom is -0.260 e. The lowest BCUT2D eigenvalue weighted by molar-refractivity contribution is 0.581. The fraction of sp³-hybridized carbons (Fsp3) is 0.500. The maximum atomic E-state index is 5.95. The van der Waals surface area contributed by atoms with Crippen molar-refractivity contribution in [1.82, 2.24) is 4.98 Å². The molecule has 1 heterocycles. The summed E-state index contributed by atoms with van der Waals surface area (Å²) < 4.78 is 0. The number of pyridine rings is 1. The zero-order valence-corrected chi connectivity index (χ0v) is 8.30. The lowest BCUT2D eigenvalue weighted by Gasteiger charge is -2.04. The maximum Gasteiger partial charge on any atom is 0.0621 e. The van der Waals surface area contributed by atoms with Crippen LogP contribution >= 0.6 is 11.6 Å². The van der Waals surface area contributed by atoms with Crippen LogP contribution in [0.2, 0.25) is 5.02 Å². The smallest absolute Gasteiger partial charge is 0.0621 e. The number of hydrogen-bond donors (Lipinski definition) is 0. The Bertz CT molecular complexity index is 245. The highest BCUT2D eigenvalue weighted by Gasteiger charge is 2.01. The number of nitrogens with zero attached hydrogens (tertiary/aromatic N) is 1. The van der Waals surface area contributed by atoms with Crippen LogP contribution in [0.25, 0.3) is 0 Å². The van der Waals surface area contributed by atoms with Crippen molar-refractivity contribution < 1.29 is 0 Å². The number of rotatable bonds is 3. The van der Waals surface area contributed by atoms with Gasteiger partial charge < -0.3 is 0 Å². The van der Waals surface area contributed by atoms with Crippen LogP contribution in [0.1, 0.15) is 26.0 Å². The Morgan fingerprint density at radius 1 is 1.50 bits per heavy atom. The average molecular weight is 184 g/mol. The van der Waals surface area contributed by atoms with Crippen LogP contribution in [0.4, 0.5) is 0 Å². The molecular formula is C10H14ClN. The second-order valence-electron chi connectivity index (χ2n) is 3.36. The molecule has 1 rings (SSSR count). The van der Waals surface area contributed by atoms with Crippen LogP contribution in [0, 0.1) is 5.92 Å². The molecule has 0 spiro atoms. The minimum absolute atomic E-state index is 0.711. The molecule has 0 unspecified atom stereocenters. The first kappa shape index (κ1) is 9.53. The molecule has 2 heteroatoms. The van der Waals surface area contributed by atoms with Crippen molar-refractivity contribution in [2.24, 2.45) is 5.92 Å². The normalized spacial score (nSPS) is 10.7. The Morgan fingerprint density at radius 3 is 2.83 bits per heavy atom. The van der Waals surface area contributed by atoms with Crippen LogP contribution in [0.3, 0.4) is 0 Å². The van der Waals surface area contributed by atoms with E-state index in [1.54, 1.807) is 6.20 Å². The van der Waals surface area contributed by atoms with Crippen molar-refractivity contribution >= 4 is 11.6 Å². The van der Waals surface area contributed by atoms with Crippen LogP contribution in [-0.2, 0) is 6.42 Å². The topological polar surface area (TPSA) is 12.9 Å². The van der Waals surface area contributed by atoms with E-state index >= 15 is 0 Å². The molecule has 1 aromatic heterocycles. The minimum atomic E-state index is 0.711. The predicted molar refractivity (Wildman–Crippen MR) is 52.4 cm³/mol. The molecular weight excluding hydrogens is 170 g/mol. The maximum absolute atomic E-state index is 5.95. The van der Waals surface area contributed by atoms with Gasteiger partial charge in [-0.25, -0.2) is 0 Å². The molecule has 0 fully saturated rings. The second kappa shape index (κ2) is 4.46. The quantitative estimate of drug-likeness (QED) is 0.701. The van der Waals surface area contributed by atoms with Gasteiger partial charge in [0, 0.05) is 6.20 Å². The molecule has 0 aliphatic heterocycles. The first-order valence-corrected chi connectivity index (χ1v) is 4.67. The van der Waals surface area contributed by atoms with Crippen LogP contribution in [0.5, 0.6) is 0 Å². The Balaban J connectivity index is 2.57. The summed E-state index contributed by atoms with van der Waals surface area (Å²) in [6.45, 7) is 4.41. The molecule has 1 nitrogen and oxygen atoms in total. The highest BCUT2D eigenvalue weighted by atomic mass is 35.5. The summed E-state index contributed by atoms with van der Waals surface area (Å²) >= 11 is 5.95. The van der Waals surface area contributed by atoms with Gasteiger partial charge in [0.15, 0.2) is 0 Å². The lowest BCUT2D eigenvalue weighted by atomic mass is 10.1. The van der Waals surface area contributed by atoms with Gasteiger partial charge in [0.05, 0.1) is 10.7 Å². The van der Waals surface area contributed by atoms with Crippen molar-refractivity contribution in [2.75, 3.05) is 0 Å². The van der Waals surface area contributed by atoms with Gasteiger partial charge in [0.2, 0.25) is 0 Å². The molecule has 0 saturated carbocycles. The summed E-state index contributed by atoms with van der Waals surface area (Å²) in [5, 5.41) is 0.790. The fourth-order valence-corrected chi connectivity index (χ4v) is 1.24. The van der Waals surface area contributed by atoms with E-state index in [4.69, 9.17) is 11.6 Å². The molecule has 1 aromatic rings. The Morgan fingerprint density at radius 2 is 2.25 bits per heavy atom. The summed E-state index contributed by atoms with van der Waals surface area (Å²) in [6.07, 6.45) is 3.93. The monoisotopic (exact) mass is 183 g/mol. The molecule has 0 atom stereocenters. The third-order valence-electron chi connectivity index (χ3n) is 1.79. The number of hydrogen-bond acceptors (Lipinski definition) is 1. The Labute approximate surface area is 78.8 Å². The van der Waals surface area contributed by atoms with E-state index in [9.17, 15) is 0 Å². The van der Waals surface area contributed by atoms with Crippen LogP contribution < -0.4 is 0 Å². The van der Waals surface area contributed by atoms with Crippen LogP contribution in [0.15, 0.2) is 18.3 Å². The van der Waals surface area contributed by atoms with Gasteiger partial charge in [-0.1, -0.05) is 25.4 Å². The number of aryl methyl sites for hydroxylation is 1. The fourth-order valence-electron chi connectivity index (χ4n) is 1.03. The van der Waals surface area contributed by atoms with E-state index in [0.29, 0.717) is 5.92 Å². The van der Waals surface area contributed by atoms with Crippen molar-refractivity contribution in [3.05, 3.63) is 29.0 Å². The standard InChI is InChI=1S/C10H14ClN/c1-8(2)5-6-10-9(11)4-3-7-12-10/h3-4,7-8H,5-6H2,1-2H3. The third kappa shape index (κ3) is 2.82. The van der Waals surface area contributed by atoms with E-state index in [-0.39, 0.29) is 0 Å². The predicted octanol–water partition coefficient (Wildman–Crippen LogP) is 3.32. The highest BCUT2D eigenvalue weighted by molar-refractivity contribution is 6.31. The van der Waals surface area contributed by atoms with E-state index < -0.39 is 0 Å². The highest BCUT2D eigenvalue weighted by Crippen LogP contribution is 2.15. The summed E-state index contributed by atoms with van der Waals surface area (Å²) in [7, 11) is 0. The molecule has 0 amide bonds. The largest absolute Gasteiger partial charge is 0.260 e. The summed E-state index contributed by atoms with van der Waals surface area (Å²) in [5.74, 6) is 0.711. The summed E-state index contributed by atoms with van der Waals surface area (Å²) in [5.41, 5.74) is 1.02. The number of aromatic nitrogens is 1. The zero-order chi connectivity index (χ0) is 8.97. The third-order valence-corrected chi connectivity index (χ3v) is 2.14. The molecule has 0 aliphatic rings. The first-order valence-electron chi connectivity index (χ1n) is 4.29. The van der Waals surface area contributed by atoms with Crippen molar-refractivity contribution in [2.45, 2.75) is 26.7 Å². The Kier molecular flexibility index (Phi) is 3.54. The Hall–Kier alpha value is -0.560. The second-order valence-corrected chi connectivity index (χ2v) is 3.77. The molecule has 0 bridgehead atoms. The molecule has 0 aliphatic carbocycles. The van der Waals surface area contributed by atoms with Gasteiger partial charge in [-0.15, -0.1) is 0 Å². The number of halogens is 1. The molecule has 0 radical (unpaired) electrons. The molecule has 0 aromatic carbocycles. The van der Waals surface area contributed by atoms with Crippen molar-refractivity contribution in [3.8, 4) is 0 Å². The van der Waals surface area contributed by atoms with Gasteiger partial charge in [-0.3, -0.25) is 4.98 Å². The van der Waals surface area contributed by atoms with Crippen molar-refractivity contribution in [1.29, 1.82) is 0 Å². The van der Waals surface area contributed by atoms with E-state index in [2.05, 4.69) is 18.8 Å².